The lowest BCUT2D eigenvalue weighted by atomic mass is 10.1. The molecule has 1 fully saturated rings. The molecule has 6 nitrogen and oxygen atoms in total. The van der Waals surface area contributed by atoms with Crippen molar-refractivity contribution in [2.45, 2.75) is 31.9 Å². The Bertz CT molecular complexity index is 1460. The molecule has 1 heterocycles. The lowest BCUT2D eigenvalue weighted by Gasteiger charge is -2.13. The average molecular weight is 528 g/mol. The molecule has 3 aromatic carbocycles. The summed E-state index contributed by atoms with van der Waals surface area (Å²) in [5.41, 5.74) is 2.68. The number of anilines is 1. The van der Waals surface area contributed by atoms with Gasteiger partial charge in [0.2, 0.25) is 0 Å². The minimum Gasteiger partial charge on any atom is -0.494 e. The van der Waals surface area contributed by atoms with Crippen LogP contribution in [0.1, 0.15) is 36.0 Å². The van der Waals surface area contributed by atoms with E-state index < -0.39 is 18.4 Å². The van der Waals surface area contributed by atoms with E-state index in [4.69, 9.17) is 9.47 Å². The third kappa shape index (κ3) is 5.90. The number of carbonyl (C=O) groups is 1. The fraction of sp³-hybridized carbons (Fsp3) is 0.286. The summed E-state index contributed by atoms with van der Waals surface area (Å²) in [6.07, 6.45) is -1.06. The lowest BCUT2D eigenvalue weighted by Crippen LogP contribution is -2.14. The molecule has 0 bridgehead atoms. The molecule has 0 amide bonds. The predicted molar refractivity (Wildman–Crippen MR) is 135 cm³/mol. The van der Waals surface area contributed by atoms with Crippen LogP contribution in [0.2, 0.25) is 0 Å². The van der Waals surface area contributed by atoms with Gasteiger partial charge in [0.15, 0.2) is 17.3 Å². The second-order valence-corrected chi connectivity index (χ2v) is 9.26. The van der Waals surface area contributed by atoms with Crippen LogP contribution < -0.4 is 14.8 Å². The second kappa shape index (κ2) is 10.4. The standard InChI is InChI=1S/C28H25F4N3O3/c1-37-26-9-8-20(13-22(26)29)38-21-14-23(33-11-10-28(30,31)32)27-24(15-21)35(16-34-27)19-6-4-18(5-7-19)25(36)12-17-2-3-17/h4-9,13-17,33H,2-3,10-12H2,1H3. The van der Waals surface area contributed by atoms with Crippen molar-refractivity contribution in [2.75, 3.05) is 19.0 Å². The number of hydrogen-bond acceptors (Lipinski definition) is 5. The summed E-state index contributed by atoms with van der Waals surface area (Å²) in [4.78, 5) is 16.9. The van der Waals surface area contributed by atoms with Crippen molar-refractivity contribution in [2.24, 2.45) is 5.92 Å². The van der Waals surface area contributed by atoms with Crippen molar-refractivity contribution in [1.29, 1.82) is 0 Å². The highest BCUT2D eigenvalue weighted by atomic mass is 19.4. The molecule has 1 saturated carbocycles. The maximum atomic E-state index is 14.2. The van der Waals surface area contributed by atoms with Crippen LogP contribution in [-0.4, -0.2) is 35.2 Å². The van der Waals surface area contributed by atoms with E-state index in [9.17, 15) is 22.4 Å². The molecular formula is C28H25F4N3O3. The van der Waals surface area contributed by atoms with Gasteiger partial charge in [0.05, 0.1) is 24.7 Å². The van der Waals surface area contributed by atoms with Crippen molar-refractivity contribution in [1.82, 2.24) is 9.55 Å². The largest absolute Gasteiger partial charge is 0.494 e. The van der Waals surface area contributed by atoms with Crippen LogP contribution in [0.4, 0.5) is 23.2 Å². The van der Waals surface area contributed by atoms with Gasteiger partial charge in [-0.2, -0.15) is 13.2 Å². The fourth-order valence-corrected chi connectivity index (χ4v) is 4.19. The van der Waals surface area contributed by atoms with Crippen LogP contribution in [0.5, 0.6) is 17.2 Å². The van der Waals surface area contributed by atoms with Crippen LogP contribution in [-0.2, 0) is 0 Å². The molecule has 5 rings (SSSR count). The SMILES string of the molecule is COc1ccc(Oc2cc(NCCC(F)(F)F)c3ncn(-c4ccc(C(=O)CC5CC5)cc4)c3c2)cc1F. The number of hydrogen-bond donors (Lipinski definition) is 1. The van der Waals surface area contributed by atoms with Gasteiger partial charge in [0, 0.05) is 42.4 Å². The Balaban J connectivity index is 1.48. The summed E-state index contributed by atoms with van der Waals surface area (Å²) in [5, 5.41) is 2.80. The molecule has 0 atom stereocenters. The van der Waals surface area contributed by atoms with E-state index in [-0.39, 0.29) is 29.6 Å². The van der Waals surface area contributed by atoms with E-state index in [1.807, 2.05) is 0 Å². The Hall–Kier alpha value is -4.08. The summed E-state index contributed by atoms with van der Waals surface area (Å²) in [6, 6.07) is 14.4. The van der Waals surface area contributed by atoms with E-state index in [1.54, 1.807) is 41.2 Å². The van der Waals surface area contributed by atoms with E-state index in [0.717, 1.165) is 18.9 Å². The van der Waals surface area contributed by atoms with Gasteiger partial charge in [-0.05, 0) is 55.2 Å². The molecule has 1 N–H and O–H groups in total. The van der Waals surface area contributed by atoms with Gasteiger partial charge in [0.25, 0.3) is 0 Å². The van der Waals surface area contributed by atoms with E-state index in [1.165, 1.54) is 25.3 Å². The number of methoxy groups -OCH3 is 1. The first kappa shape index (κ1) is 25.6. The minimum atomic E-state index is -4.32. The van der Waals surface area contributed by atoms with Crippen LogP contribution in [0.3, 0.4) is 0 Å². The number of benzene rings is 3. The molecule has 0 aliphatic heterocycles. The fourth-order valence-electron chi connectivity index (χ4n) is 4.19. The van der Waals surface area contributed by atoms with Crippen molar-refractivity contribution in [3.05, 3.63) is 72.3 Å². The number of fused-ring (bicyclic) bond motifs is 1. The van der Waals surface area contributed by atoms with Gasteiger partial charge in [-0.3, -0.25) is 9.36 Å². The number of aromatic nitrogens is 2. The van der Waals surface area contributed by atoms with Crippen LogP contribution in [0.25, 0.3) is 16.7 Å². The van der Waals surface area contributed by atoms with Crippen molar-refractivity contribution in [3.63, 3.8) is 0 Å². The van der Waals surface area contributed by atoms with Crippen LogP contribution in [0.15, 0.2) is 60.9 Å². The first-order valence-electron chi connectivity index (χ1n) is 12.2. The number of imidazole rings is 1. The van der Waals surface area contributed by atoms with Gasteiger partial charge < -0.3 is 14.8 Å². The normalized spacial score (nSPS) is 13.5. The number of halogens is 4. The zero-order chi connectivity index (χ0) is 26.9. The monoisotopic (exact) mass is 527 g/mol. The maximum absolute atomic E-state index is 14.2. The minimum absolute atomic E-state index is 0.0550. The van der Waals surface area contributed by atoms with Crippen molar-refractivity contribution >= 4 is 22.5 Å². The van der Waals surface area contributed by atoms with Gasteiger partial charge in [-0.1, -0.05) is 0 Å². The first-order chi connectivity index (χ1) is 18.2. The Kier molecular flexibility index (Phi) is 6.96. The van der Waals surface area contributed by atoms with Gasteiger partial charge >= 0.3 is 6.18 Å². The first-order valence-corrected chi connectivity index (χ1v) is 12.2. The quantitative estimate of drug-likeness (QED) is 0.173. The highest BCUT2D eigenvalue weighted by molar-refractivity contribution is 5.96. The number of rotatable bonds is 10. The van der Waals surface area contributed by atoms with E-state index in [0.29, 0.717) is 40.3 Å². The third-order valence-electron chi connectivity index (χ3n) is 6.35. The molecular weight excluding hydrogens is 502 g/mol. The topological polar surface area (TPSA) is 65.4 Å². The van der Waals surface area contributed by atoms with Crippen molar-refractivity contribution < 1.29 is 31.8 Å². The smallest absolute Gasteiger partial charge is 0.390 e. The molecule has 1 aliphatic rings. The Morgan fingerprint density at radius 2 is 1.84 bits per heavy atom. The molecule has 0 radical (unpaired) electrons. The molecule has 1 aliphatic carbocycles. The highest BCUT2D eigenvalue weighted by Gasteiger charge is 2.27. The van der Waals surface area contributed by atoms with Gasteiger partial charge in [-0.15, -0.1) is 0 Å². The zero-order valence-electron chi connectivity index (χ0n) is 20.5. The molecule has 10 heteroatoms. The highest BCUT2D eigenvalue weighted by Crippen LogP contribution is 2.35. The molecule has 198 valence electrons. The third-order valence-corrected chi connectivity index (χ3v) is 6.35. The zero-order valence-corrected chi connectivity index (χ0v) is 20.5. The van der Waals surface area contributed by atoms with Gasteiger partial charge in [-0.25, -0.2) is 9.37 Å². The number of alkyl halides is 3. The lowest BCUT2D eigenvalue weighted by molar-refractivity contribution is -0.131. The molecule has 0 unspecified atom stereocenters. The molecule has 38 heavy (non-hydrogen) atoms. The Morgan fingerprint density at radius 3 is 2.50 bits per heavy atom. The summed E-state index contributed by atoms with van der Waals surface area (Å²) < 4.78 is 65.1. The second-order valence-electron chi connectivity index (χ2n) is 9.26. The number of carbonyl (C=O) groups excluding carboxylic acids is 1. The average Bonchev–Trinajstić information content (AvgIpc) is 3.59. The van der Waals surface area contributed by atoms with E-state index in [2.05, 4.69) is 10.3 Å². The number of nitrogens with one attached hydrogen (secondary N) is 1. The number of ketones is 1. The summed E-state index contributed by atoms with van der Waals surface area (Å²) >= 11 is 0. The van der Waals surface area contributed by atoms with Crippen molar-refractivity contribution in [3.8, 4) is 22.9 Å². The molecule has 0 spiro atoms. The maximum Gasteiger partial charge on any atom is 0.390 e. The molecule has 1 aromatic heterocycles. The Labute approximate surface area is 216 Å². The van der Waals surface area contributed by atoms with E-state index >= 15 is 0 Å². The number of nitrogens with zero attached hydrogens (tertiary/aromatic N) is 2. The summed E-state index contributed by atoms with van der Waals surface area (Å²) in [6.45, 7) is -0.357. The number of ether oxygens (including phenoxy) is 2. The van der Waals surface area contributed by atoms with Gasteiger partial charge in [0.1, 0.15) is 23.3 Å². The number of Topliss-reactive ketones (excluding diaryl/α,β-unsaturated/α-hetero) is 1. The predicted octanol–water partition coefficient (Wildman–Crippen LogP) is 7.31. The van der Waals surface area contributed by atoms with Crippen LogP contribution >= 0.6 is 0 Å². The Morgan fingerprint density at radius 1 is 1.08 bits per heavy atom. The van der Waals surface area contributed by atoms with Crippen LogP contribution in [0, 0.1) is 11.7 Å². The summed E-state index contributed by atoms with van der Waals surface area (Å²) in [7, 11) is 1.35. The summed E-state index contributed by atoms with van der Waals surface area (Å²) in [5.74, 6) is 0.493. The molecule has 4 aromatic rings. The molecule has 0 saturated heterocycles.